The molecule has 0 aliphatic carbocycles. The van der Waals surface area contributed by atoms with Crippen molar-refractivity contribution in [3.63, 3.8) is 0 Å². The number of hydrogen-bond donors (Lipinski definition) is 1. The van der Waals surface area contributed by atoms with Gasteiger partial charge in [0.05, 0.1) is 18.1 Å². The van der Waals surface area contributed by atoms with Gasteiger partial charge < -0.3 is 5.11 Å². The van der Waals surface area contributed by atoms with Gasteiger partial charge >= 0.3 is 0 Å². The number of aromatic hydroxyl groups is 1. The lowest BCUT2D eigenvalue weighted by atomic mass is 9.89. The maximum Gasteiger partial charge on any atom is 0.155 e. The third-order valence-corrected chi connectivity index (χ3v) is 4.80. The number of pyridine rings is 1. The fourth-order valence-corrected chi connectivity index (χ4v) is 3.42. The molecule has 0 spiro atoms. The minimum atomic E-state index is -0.372. The van der Waals surface area contributed by atoms with Crippen molar-refractivity contribution in [1.29, 1.82) is 0 Å². The van der Waals surface area contributed by atoms with E-state index in [0.29, 0.717) is 17.5 Å². The Bertz CT molecular complexity index is 872. The maximum atomic E-state index is 13.0. The first kappa shape index (κ1) is 16.7. The van der Waals surface area contributed by atoms with Crippen LogP contribution < -0.4 is 0 Å². The average Bonchev–Trinajstić information content (AvgIpc) is 3.11. The van der Waals surface area contributed by atoms with Crippen molar-refractivity contribution in [3.05, 3.63) is 65.9 Å². The van der Waals surface area contributed by atoms with E-state index in [1.54, 1.807) is 16.8 Å². The molecule has 3 heterocycles. The highest BCUT2D eigenvalue weighted by Gasteiger charge is 2.21. The first-order chi connectivity index (χ1) is 12.7. The Hall–Kier alpha value is -2.80. The lowest BCUT2D eigenvalue weighted by Crippen LogP contribution is -2.32. The van der Waals surface area contributed by atoms with E-state index in [4.69, 9.17) is 0 Å². The summed E-state index contributed by atoms with van der Waals surface area (Å²) in [5.41, 5.74) is 2.07. The first-order valence-electron chi connectivity index (χ1n) is 8.72. The van der Waals surface area contributed by atoms with Crippen LogP contribution in [0.15, 0.2) is 48.8 Å². The molecule has 1 fully saturated rings. The number of piperidine rings is 1. The molecule has 0 unspecified atom stereocenters. The van der Waals surface area contributed by atoms with Gasteiger partial charge in [-0.1, -0.05) is 17.3 Å². The molecule has 26 heavy (non-hydrogen) atoms. The van der Waals surface area contributed by atoms with E-state index in [0.717, 1.165) is 38.2 Å². The summed E-state index contributed by atoms with van der Waals surface area (Å²) in [6, 6.07) is 10.5. The number of benzene rings is 1. The van der Waals surface area contributed by atoms with Gasteiger partial charge in [0.25, 0.3) is 0 Å². The molecule has 0 bridgehead atoms. The Labute approximate surface area is 150 Å². The quantitative estimate of drug-likeness (QED) is 0.781. The maximum absolute atomic E-state index is 13.0. The summed E-state index contributed by atoms with van der Waals surface area (Å²) >= 11 is 0. The highest BCUT2D eigenvalue weighted by Crippen LogP contribution is 2.30. The fourth-order valence-electron chi connectivity index (χ4n) is 3.42. The number of nitrogens with zero attached hydrogens (tertiary/aromatic N) is 5. The summed E-state index contributed by atoms with van der Waals surface area (Å²) in [6.45, 7) is 2.68. The molecule has 134 valence electrons. The summed E-state index contributed by atoms with van der Waals surface area (Å²) in [5, 5.41) is 17.9. The molecule has 2 aromatic heterocycles. The van der Waals surface area contributed by atoms with Crippen LogP contribution in [0.2, 0.25) is 0 Å². The van der Waals surface area contributed by atoms with E-state index in [9.17, 15) is 9.50 Å². The minimum Gasteiger partial charge on any atom is -0.508 e. The first-order valence-corrected chi connectivity index (χ1v) is 8.72. The molecule has 1 aliphatic heterocycles. The third kappa shape index (κ3) is 3.72. The van der Waals surface area contributed by atoms with Crippen LogP contribution >= 0.6 is 0 Å². The smallest absolute Gasteiger partial charge is 0.155 e. The monoisotopic (exact) mass is 353 g/mol. The van der Waals surface area contributed by atoms with Gasteiger partial charge in [0.1, 0.15) is 11.6 Å². The van der Waals surface area contributed by atoms with Crippen LogP contribution in [0.1, 0.15) is 30.0 Å². The Morgan fingerprint density at radius 1 is 1.15 bits per heavy atom. The van der Waals surface area contributed by atoms with E-state index in [1.807, 2.05) is 18.3 Å². The van der Waals surface area contributed by atoms with Crippen molar-refractivity contribution in [2.45, 2.75) is 25.3 Å². The van der Waals surface area contributed by atoms with Gasteiger partial charge in [-0.3, -0.25) is 4.90 Å². The third-order valence-electron chi connectivity index (χ3n) is 4.80. The zero-order valence-corrected chi connectivity index (χ0v) is 14.3. The number of aromatic nitrogens is 4. The van der Waals surface area contributed by atoms with E-state index < -0.39 is 0 Å². The highest BCUT2D eigenvalue weighted by atomic mass is 19.1. The molecule has 1 aliphatic rings. The molecule has 4 rings (SSSR count). The van der Waals surface area contributed by atoms with Crippen LogP contribution in [0, 0.1) is 5.82 Å². The Kier molecular flexibility index (Phi) is 4.62. The molecule has 0 radical (unpaired) electrons. The van der Waals surface area contributed by atoms with Gasteiger partial charge in [-0.15, -0.1) is 5.10 Å². The molecule has 6 nitrogen and oxygen atoms in total. The molecule has 3 aromatic rings. The normalized spacial score (nSPS) is 16.0. The number of rotatable bonds is 4. The molecule has 1 saturated heterocycles. The molecule has 7 heteroatoms. The fraction of sp³-hybridized carbons (Fsp3) is 0.316. The Morgan fingerprint density at radius 2 is 2.00 bits per heavy atom. The molecule has 1 N–H and O–H groups in total. The number of likely N-dealkylation sites (tertiary alicyclic amines) is 1. The molecular formula is C19H20FN5O. The molecular weight excluding hydrogens is 333 g/mol. The molecule has 1 aromatic carbocycles. The Morgan fingerprint density at radius 3 is 2.73 bits per heavy atom. The topological polar surface area (TPSA) is 67.1 Å². The van der Waals surface area contributed by atoms with Crippen molar-refractivity contribution in [1.82, 2.24) is 24.9 Å². The van der Waals surface area contributed by atoms with Crippen molar-refractivity contribution >= 4 is 0 Å². The van der Waals surface area contributed by atoms with E-state index in [1.165, 1.54) is 17.8 Å². The lowest BCUT2D eigenvalue weighted by Gasteiger charge is -2.31. The van der Waals surface area contributed by atoms with Gasteiger partial charge in [0.15, 0.2) is 5.82 Å². The van der Waals surface area contributed by atoms with Crippen molar-refractivity contribution in [2.24, 2.45) is 0 Å². The van der Waals surface area contributed by atoms with E-state index in [-0.39, 0.29) is 5.82 Å². The van der Waals surface area contributed by atoms with Gasteiger partial charge in [-0.05, 0) is 61.7 Å². The number of halogens is 1. The second-order valence-corrected chi connectivity index (χ2v) is 6.63. The van der Waals surface area contributed by atoms with Crippen LogP contribution in [0.5, 0.6) is 5.75 Å². The second kappa shape index (κ2) is 7.21. The predicted octanol–water partition coefficient (Wildman–Crippen LogP) is 2.89. The van der Waals surface area contributed by atoms with Crippen LogP contribution in [-0.4, -0.2) is 43.1 Å². The number of phenolic OH excluding ortho intramolecular Hbond substituents is 1. The zero-order chi connectivity index (χ0) is 17.9. The molecule has 0 amide bonds. The summed E-state index contributed by atoms with van der Waals surface area (Å²) in [7, 11) is 0. The van der Waals surface area contributed by atoms with Crippen LogP contribution in [0.4, 0.5) is 4.39 Å². The molecule has 0 atom stereocenters. The van der Waals surface area contributed by atoms with E-state index >= 15 is 0 Å². The lowest BCUT2D eigenvalue weighted by molar-refractivity contribution is 0.202. The van der Waals surface area contributed by atoms with Gasteiger partial charge in [-0.2, -0.15) is 0 Å². The summed E-state index contributed by atoms with van der Waals surface area (Å²) in [4.78, 5) is 6.36. The zero-order valence-electron chi connectivity index (χ0n) is 14.3. The Balaban J connectivity index is 1.35. The SMILES string of the molecule is Oc1cccc(C2CCN(Cc3cn(-c4ccc(F)cn4)nn3)CC2)c1. The summed E-state index contributed by atoms with van der Waals surface area (Å²) in [6.07, 6.45) is 5.11. The predicted molar refractivity (Wildman–Crippen MR) is 94.5 cm³/mol. The van der Waals surface area contributed by atoms with E-state index in [2.05, 4.69) is 26.3 Å². The highest BCUT2D eigenvalue weighted by molar-refractivity contribution is 5.30. The van der Waals surface area contributed by atoms with Crippen LogP contribution in [-0.2, 0) is 6.54 Å². The summed E-state index contributed by atoms with van der Waals surface area (Å²) < 4.78 is 14.5. The van der Waals surface area contributed by atoms with Crippen LogP contribution in [0.25, 0.3) is 5.82 Å². The van der Waals surface area contributed by atoms with Crippen molar-refractivity contribution in [3.8, 4) is 11.6 Å². The van der Waals surface area contributed by atoms with Gasteiger partial charge in [0, 0.05) is 6.54 Å². The average molecular weight is 353 g/mol. The number of hydrogen-bond acceptors (Lipinski definition) is 5. The van der Waals surface area contributed by atoms with Crippen LogP contribution in [0.3, 0.4) is 0 Å². The number of phenols is 1. The van der Waals surface area contributed by atoms with Gasteiger partial charge in [0.2, 0.25) is 0 Å². The summed E-state index contributed by atoms with van der Waals surface area (Å²) in [5.74, 6) is 0.991. The van der Waals surface area contributed by atoms with Crippen molar-refractivity contribution in [2.75, 3.05) is 13.1 Å². The molecule has 0 saturated carbocycles. The second-order valence-electron chi connectivity index (χ2n) is 6.63. The minimum absolute atomic E-state index is 0.330. The largest absolute Gasteiger partial charge is 0.508 e. The van der Waals surface area contributed by atoms with Gasteiger partial charge in [-0.25, -0.2) is 14.1 Å². The standard InChI is InChI=1S/C19H20FN5O/c20-16-4-5-19(21-11-16)25-13-17(22-23-25)12-24-8-6-14(7-9-24)15-2-1-3-18(26)10-15/h1-5,10-11,13-14,26H,6-9,12H2. The van der Waals surface area contributed by atoms with Crippen molar-refractivity contribution < 1.29 is 9.50 Å².